The van der Waals surface area contributed by atoms with Gasteiger partial charge in [-0.15, -0.1) is 0 Å². The van der Waals surface area contributed by atoms with Crippen LogP contribution in [0, 0.1) is 6.92 Å². The van der Waals surface area contributed by atoms with E-state index in [4.69, 9.17) is 25.8 Å². The molecule has 1 aromatic carbocycles. The molecule has 5 nitrogen and oxygen atoms in total. The van der Waals surface area contributed by atoms with Gasteiger partial charge >= 0.3 is 0 Å². The maximum Gasteiger partial charge on any atom is 0.119 e. The third kappa shape index (κ3) is 8.24. The molecule has 0 spiro atoms. The molecule has 0 heterocycles. The van der Waals surface area contributed by atoms with Gasteiger partial charge in [0, 0.05) is 25.2 Å². The molecule has 6 heteroatoms. The molecule has 0 aliphatic carbocycles. The van der Waals surface area contributed by atoms with Crippen LogP contribution in [0.4, 0.5) is 0 Å². The molecule has 0 saturated carbocycles. The van der Waals surface area contributed by atoms with E-state index in [1.54, 1.807) is 19.2 Å². The second kappa shape index (κ2) is 10.8. The lowest BCUT2D eigenvalue weighted by Gasteiger charge is -2.14. The molecule has 21 heavy (non-hydrogen) atoms. The summed E-state index contributed by atoms with van der Waals surface area (Å²) >= 11 is 5.94. The lowest BCUT2D eigenvalue weighted by Crippen LogP contribution is -2.33. The number of halogens is 1. The van der Waals surface area contributed by atoms with Crippen LogP contribution in [-0.2, 0) is 9.47 Å². The monoisotopic (exact) mass is 317 g/mol. The fraction of sp³-hybridized carbons (Fsp3) is 0.600. The summed E-state index contributed by atoms with van der Waals surface area (Å²) in [6, 6.07) is 5.43. The molecule has 0 aliphatic heterocycles. The van der Waals surface area contributed by atoms with E-state index in [0.717, 1.165) is 5.56 Å². The quantitative estimate of drug-likeness (QED) is 0.608. The molecular weight excluding hydrogens is 294 g/mol. The second-order valence-electron chi connectivity index (χ2n) is 4.69. The van der Waals surface area contributed by atoms with E-state index in [1.165, 1.54) is 0 Å². The van der Waals surface area contributed by atoms with Gasteiger partial charge < -0.3 is 24.6 Å². The molecule has 0 aromatic heterocycles. The van der Waals surface area contributed by atoms with Crippen molar-refractivity contribution in [3.8, 4) is 5.75 Å². The second-order valence-corrected chi connectivity index (χ2v) is 5.09. The summed E-state index contributed by atoms with van der Waals surface area (Å²) in [7, 11) is 1.64. The fourth-order valence-electron chi connectivity index (χ4n) is 1.62. The highest BCUT2D eigenvalue weighted by Gasteiger charge is 2.05. The average Bonchev–Trinajstić information content (AvgIpc) is 2.47. The van der Waals surface area contributed by atoms with E-state index in [9.17, 15) is 5.11 Å². The number of benzene rings is 1. The summed E-state index contributed by atoms with van der Waals surface area (Å²) in [5, 5.41) is 13.6. The molecule has 1 aromatic rings. The maximum absolute atomic E-state index is 9.80. The Morgan fingerprint density at radius 2 is 2.10 bits per heavy atom. The number of hydrogen-bond acceptors (Lipinski definition) is 5. The zero-order valence-corrected chi connectivity index (χ0v) is 13.4. The molecular formula is C15H24ClNO4. The lowest BCUT2D eigenvalue weighted by atomic mass is 10.2. The lowest BCUT2D eigenvalue weighted by molar-refractivity contribution is 0.0679. The third-order valence-electron chi connectivity index (χ3n) is 2.81. The summed E-state index contributed by atoms with van der Waals surface area (Å²) in [6.45, 7) is 5.06. The SMILES string of the molecule is COCCOCCNCC(O)COc1ccc(Cl)c(C)c1. The van der Waals surface area contributed by atoms with E-state index in [2.05, 4.69) is 5.32 Å². The van der Waals surface area contributed by atoms with Crippen molar-refractivity contribution in [1.29, 1.82) is 0 Å². The number of aliphatic hydroxyl groups is 1. The van der Waals surface area contributed by atoms with E-state index >= 15 is 0 Å². The van der Waals surface area contributed by atoms with Crippen LogP contribution in [-0.4, -0.2) is 57.8 Å². The van der Waals surface area contributed by atoms with Crippen LogP contribution in [0.15, 0.2) is 18.2 Å². The Balaban J connectivity index is 2.08. The van der Waals surface area contributed by atoms with Gasteiger partial charge in [-0.3, -0.25) is 0 Å². The minimum absolute atomic E-state index is 0.235. The average molecular weight is 318 g/mol. The Morgan fingerprint density at radius 1 is 1.29 bits per heavy atom. The molecule has 0 amide bonds. The van der Waals surface area contributed by atoms with Crippen LogP contribution < -0.4 is 10.1 Å². The van der Waals surface area contributed by atoms with E-state index in [-0.39, 0.29) is 6.61 Å². The van der Waals surface area contributed by atoms with Gasteiger partial charge in [0.2, 0.25) is 0 Å². The molecule has 2 N–H and O–H groups in total. The van der Waals surface area contributed by atoms with E-state index in [0.29, 0.717) is 43.7 Å². The summed E-state index contributed by atoms with van der Waals surface area (Å²) < 4.78 is 15.7. The molecule has 0 bridgehead atoms. The van der Waals surface area contributed by atoms with Gasteiger partial charge in [0.1, 0.15) is 18.5 Å². The van der Waals surface area contributed by atoms with Gasteiger partial charge in [-0.05, 0) is 30.7 Å². The minimum atomic E-state index is -0.569. The number of ether oxygens (including phenoxy) is 3. The predicted octanol–water partition coefficient (Wildman–Crippen LogP) is 1.64. The van der Waals surface area contributed by atoms with Gasteiger partial charge in [0.25, 0.3) is 0 Å². The van der Waals surface area contributed by atoms with Gasteiger partial charge in [-0.25, -0.2) is 0 Å². The Hall–Kier alpha value is -0.850. The van der Waals surface area contributed by atoms with Gasteiger partial charge in [0.05, 0.1) is 19.8 Å². The number of aliphatic hydroxyl groups excluding tert-OH is 1. The van der Waals surface area contributed by atoms with Crippen molar-refractivity contribution >= 4 is 11.6 Å². The zero-order chi connectivity index (χ0) is 15.5. The molecule has 1 rings (SSSR count). The predicted molar refractivity (Wildman–Crippen MR) is 83.3 cm³/mol. The van der Waals surface area contributed by atoms with Crippen molar-refractivity contribution in [1.82, 2.24) is 5.32 Å². The summed E-state index contributed by atoms with van der Waals surface area (Å²) in [6.07, 6.45) is -0.569. The highest BCUT2D eigenvalue weighted by Crippen LogP contribution is 2.20. The van der Waals surface area contributed by atoms with Crippen molar-refractivity contribution in [2.24, 2.45) is 0 Å². The topological polar surface area (TPSA) is 60.0 Å². The Kier molecular flexibility index (Phi) is 9.37. The van der Waals surface area contributed by atoms with Crippen molar-refractivity contribution in [2.45, 2.75) is 13.0 Å². The fourth-order valence-corrected chi connectivity index (χ4v) is 1.73. The molecule has 1 unspecified atom stereocenters. The van der Waals surface area contributed by atoms with Crippen LogP contribution in [0.1, 0.15) is 5.56 Å². The largest absolute Gasteiger partial charge is 0.491 e. The van der Waals surface area contributed by atoms with E-state index in [1.807, 2.05) is 13.0 Å². The van der Waals surface area contributed by atoms with Gasteiger partial charge in [-0.2, -0.15) is 0 Å². The first kappa shape index (κ1) is 18.2. The number of methoxy groups -OCH3 is 1. The molecule has 0 saturated heterocycles. The first-order chi connectivity index (χ1) is 10.1. The first-order valence-electron chi connectivity index (χ1n) is 6.98. The highest BCUT2D eigenvalue weighted by atomic mass is 35.5. The standard InChI is InChI=1S/C15H24ClNO4/c1-12-9-14(3-4-15(12)16)21-11-13(18)10-17-5-6-20-8-7-19-2/h3-4,9,13,17-18H,5-8,10-11H2,1-2H3. The Morgan fingerprint density at radius 3 is 2.81 bits per heavy atom. The summed E-state index contributed by atoms with van der Waals surface area (Å²) in [4.78, 5) is 0. The molecule has 1 atom stereocenters. The van der Waals surface area contributed by atoms with Crippen LogP contribution in [0.3, 0.4) is 0 Å². The van der Waals surface area contributed by atoms with Crippen LogP contribution in [0.25, 0.3) is 0 Å². The van der Waals surface area contributed by atoms with Crippen molar-refractivity contribution in [3.05, 3.63) is 28.8 Å². The molecule has 0 fully saturated rings. The number of rotatable bonds is 11. The van der Waals surface area contributed by atoms with Crippen LogP contribution in [0.2, 0.25) is 5.02 Å². The van der Waals surface area contributed by atoms with Crippen molar-refractivity contribution < 1.29 is 19.3 Å². The van der Waals surface area contributed by atoms with Gasteiger partial charge in [0.15, 0.2) is 0 Å². The third-order valence-corrected chi connectivity index (χ3v) is 3.23. The van der Waals surface area contributed by atoms with Crippen LogP contribution in [0.5, 0.6) is 5.75 Å². The highest BCUT2D eigenvalue weighted by molar-refractivity contribution is 6.31. The minimum Gasteiger partial charge on any atom is -0.491 e. The Labute approximate surface area is 131 Å². The Bertz CT molecular complexity index is 403. The van der Waals surface area contributed by atoms with Crippen molar-refractivity contribution in [3.63, 3.8) is 0 Å². The summed E-state index contributed by atoms with van der Waals surface area (Å²) in [5.41, 5.74) is 0.954. The molecule has 120 valence electrons. The zero-order valence-electron chi connectivity index (χ0n) is 12.6. The van der Waals surface area contributed by atoms with Gasteiger partial charge in [-0.1, -0.05) is 11.6 Å². The smallest absolute Gasteiger partial charge is 0.119 e. The maximum atomic E-state index is 9.80. The van der Waals surface area contributed by atoms with E-state index < -0.39 is 6.10 Å². The molecule has 0 aliphatic rings. The summed E-state index contributed by atoms with van der Waals surface area (Å²) in [5.74, 6) is 0.707. The van der Waals surface area contributed by atoms with Crippen molar-refractivity contribution in [2.75, 3.05) is 46.6 Å². The number of hydrogen-bond donors (Lipinski definition) is 2. The number of aryl methyl sites for hydroxylation is 1. The first-order valence-corrected chi connectivity index (χ1v) is 7.35. The molecule has 0 radical (unpaired) electrons. The normalized spacial score (nSPS) is 12.4. The number of nitrogens with one attached hydrogen (secondary N) is 1. The van der Waals surface area contributed by atoms with Crippen LogP contribution >= 0.6 is 11.6 Å².